The van der Waals surface area contributed by atoms with Crippen LogP contribution in [-0.2, 0) is 9.53 Å². The van der Waals surface area contributed by atoms with E-state index in [1.54, 1.807) is 35.0 Å². The average molecular weight is 301 g/mol. The van der Waals surface area contributed by atoms with Crippen molar-refractivity contribution < 1.29 is 14.3 Å². The molecule has 0 spiro atoms. The molecule has 22 heavy (non-hydrogen) atoms. The van der Waals surface area contributed by atoms with Gasteiger partial charge in [-0.1, -0.05) is 0 Å². The lowest BCUT2D eigenvalue weighted by Gasteiger charge is -2.17. The first-order valence-corrected chi connectivity index (χ1v) is 7.04. The molecule has 0 saturated carbocycles. The van der Waals surface area contributed by atoms with Gasteiger partial charge in [0.15, 0.2) is 0 Å². The molecule has 1 aromatic carbocycles. The van der Waals surface area contributed by atoms with E-state index in [-0.39, 0.29) is 11.9 Å². The van der Waals surface area contributed by atoms with Gasteiger partial charge >= 0.3 is 5.97 Å². The molecule has 1 heterocycles. The highest BCUT2D eigenvalue weighted by molar-refractivity contribution is 5.94. The zero-order valence-electron chi connectivity index (χ0n) is 12.7. The summed E-state index contributed by atoms with van der Waals surface area (Å²) in [5, 5.41) is 4.14. The van der Waals surface area contributed by atoms with Crippen molar-refractivity contribution in [3.8, 4) is 5.69 Å². The molecule has 0 aliphatic rings. The molecular weight excluding hydrogens is 282 g/mol. The molecule has 2 rings (SSSR count). The Labute approximate surface area is 129 Å². The van der Waals surface area contributed by atoms with Gasteiger partial charge in [-0.25, -0.2) is 4.68 Å². The third-order valence-electron chi connectivity index (χ3n) is 3.33. The second-order valence-electron chi connectivity index (χ2n) is 4.90. The molecule has 0 N–H and O–H groups in total. The van der Waals surface area contributed by atoms with Crippen LogP contribution >= 0.6 is 0 Å². The van der Waals surface area contributed by atoms with E-state index in [2.05, 4.69) is 9.84 Å². The average Bonchev–Trinajstić information content (AvgIpc) is 3.08. The SMILES string of the molecule is COC(=O)CCCN(C)C(=O)c1ccc(-n2cccn2)cc1. The fourth-order valence-electron chi connectivity index (χ4n) is 2.06. The molecule has 0 fully saturated rings. The maximum absolute atomic E-state index is 12.3. The predicted octanol–water partition coefficient (Wildman–Crippen LogP) is 1.90. The van der Waals surface area contributed by atoms with Gasteiger partial charge < -0.3 is 9.64 Å². The summed E-state index contributed by atoms with van der Waals surface area (Å²) in [6, 6.07) is 9.09. The number of esters is 1. The second kappa shape index (κ2) is 7.40. The van der Waals surface area contributed by atoms with E-state index < -0.39 is 0 Å². The van der Waals surface area contributed by atoms with Crippen LogP contribution in [0.25, 0.3) is 5.69 Å². The highest BCUT2D eigenvalue weighted by atomic mass is 16.5. The van der Waals surface area contributed by atoms with Crippen molar-refractivity contribution >= 4 is 11.9 Å². The number of rotatable bonds is 6. The molecule has 0 saturated heterocycles. The van der Waals surface area contributed by atoms with Crippen LogP contribution in [0.4, 0.5) is 0 Å². The second-order valence-corrected chi connectivity index (χ2v) is 4.90. The van der Waals surface area contributed by atoms with Crippen molar-refractivity contribution in [2.75, 3.05) is 20.7 Å². The molecule has 0 atom stereocenters. The third-order valence-corrected chi connectivity index (χ3v) is 3.33. The molecule has 0 radical (unpaired) electrons. The first kappa shape index (κ1) is 15.8. The number of aromatic nitrogens is 2. The Morgan fingerprint density at radius 1 is 1.27 bits per heavy atom. The maximum Gasteiger partial charge on any atom is 0.305 e. The highest BCUT2D eigenvalue weighted by Crippen LogP contribution is 2.10. The van der Waals surface area contributed by atoms with E-state index in [9.17, 15) is 9.59 Å². The van der Waals surface area contributed by atoms with Crippen molar-refractivity contribution in [2.45, 2.75) is 12.8 Å². The van der Waals surface area contributed by atoms with Gasteiger partial charge in [-0.3, -0.25) is 9.59 Å². The molecule has 0 aliphatic heterocycles. The first-order valence-electron chi connectivity index (χ1n) is 7.04. The topological polar surface area (TPSA) is 64.4 Å². The Hall–Kier alpha value is -2.63. The van der Waals surface area contributed by atoms with Crippen molar-refractivity contribution in [3.05, 3.63) is 48.3 Å². The van der Waals surface area contributed by atoms with Crippen molar-refractivity contribution in [3.63, 3.8) is 0 Å². The van der Waals surface area contributed by atoms with E-state index in [0.29, 0.717) is 24.9 Å². The quantitative estimate of drug-likeness (QED) is 0.764. The Balaban J connectivity index is 1.93. The maximum atomic E-state index is 12.3. The Morgan fingerprint density at radius 2 is 2.00 bits per heavy atom. The minimum Gasteiger partial charge on any atom is -0.469 e. The Bertz CT molecular complexity index is 621. The van der Waals surface area contributed by atoms with Crippen molar-refractivity contribution in [1.29, 1.82) is 0 Å². The number of amides is 1. The van der Waals surface area contributed by atoms with Gasteiger partial charge in [0.05, 0.1) is 12.8 Å². The zero-order chi connectivity index (χ0) is 15.9. The van der Waals surface area contributed by atoms with Crippen LogP contribution in [0.3, 0.4) is 0 Å². The summed E-state index contributed by atoms with van der Waals surface area (Å²) in [5.74, 6) is -0.332. The summed E-state index contributed by atoms with van der Waals surface area (Å²) in [6.45, 7) is 0.509. The smallest absolute Gasteiger partial charge is 0.305 e. The minimum absolute atomic E-state index is 0.0723. The van der Waals surface area contributed by atoms with Crippen LogP contribution < -0.4 is 0 Å². The van der Waals surface area contributed by atoms with Crippen LogP contribution in [0.5, 0.6) is 0 Å². The summed E-state index contributed by atoms with van der Waals surface area (Å²) in [7, 11) is 3.08. The molecule has 116 valence electrons. The van der Waals surface area contributed by atoms with Crippen LogP contribution in [0.15, 0.2) is 42.7 Å². The van der Waals surface area contributed by atoms with Gasteiger partial charge in [-0.05, 0) is 36.8 Å². The lowest BCUT2D eigenvalue weighted by molar-refractivity contribution is -0.140. The van der Waals surface area contributed by atoms with Gasteiger partial charge in [0.2, 0.25) is 0 Å². The number of nitrogens with zero attached hydrogens (tertiary/aromatic N) is 3. The number of carbonyl (C=O) groups is 2. The van der Waals surface area contributed by atoms with Crippen LogP contribution in [0, 0.1) is 0 Å². The summed E-state index contributed by atoms with van der Waals surface area (Å²) in [4.78, 5) is 24.9. The molecule has 1 amide bonds. The lowest BCUT2D eigenvalue weighted by atomic mass is 10.1. The molecule has 6 nitrogen and oxygen atoms in total. The minimum atomic E-state index is -0.260. The summed E-state index contributed by atoms with van der Waals surface area (Å²) in [5.41, 5.74) is 1.51. The van der Waals surface area contributed by atoms with Crippen LogP contribution in [0.1, 0.15) is 23.2 Å². The molecule has 6 heteroatoms. The molecule has 0 unspecified atom stereocenters. The lowest BCUT2D eigenvalue weighted by Crippen LogP contribution is -2.28. The fourth-order valence-corrected chi connectivity index (χ4v) is 2.06. The van der Waals surface area contributed by atoms with Crippen molar-refractivity contribution in [1.82, 2.24) is 14.7 Å². The van der Waals surface area contributed by atoms with Crippen LogP contribution in [-0.4, -0.2) is 47.3 Å². The molecular formula is C16H19N3O3. The molecule has 0 bridgehead atoms. The van der Waals surface area contributed by atoms with Gasteiger partial charge in [-0.2, -0.15) is 5.10 Å². The molecule has 1 aromatic heterocycles. The van der Waals surface area contributed by atoms with Gasteiger partial charge in [0, 0.05) is 38.0 Å². The van der Waals surface area contributed by atoms with Crippen LogP contribution in [0.2, 0.25) is 0 Å². The number of carbonyl (C=O) groups excluding carboxylic acids is 2. The van der Waals surface area contributed by atoms with E-state index >= 15 is 0 Å². The number of ether oxygens (including phenoxy) is 1. The summed E-state index contributed by atoms with van der Waals surface area (Å²) < 4.78 is 6.31. The molecule has 2 aromatic rings. The monoisotopic (exact) mass is 301 g/mol. The standard InChI is InChI=1S/C16H19N3O3/c1-18(11-3-5-15(20)22-2)16(21)13-6-8-14(9-7-13)19-12-4-10-17-19/h4,6-10,12H,3,5,11H2,1-2H3. The van der Waals surface area contributed by atoms with E-state index in [0.717, 1.165) is 5.69 Å². The van der Waals surface area contributed by atoms with Gasteiger partial charge in [0.1, 0.15) is 0 Å². The molecule has 0 aliphatic carbocycles. The van der Waals surface area contributed by atoms with E-state index in [1.807, 2.05) is 24.4 Å². The largest absolute Gasteiger partial charge is 0.469 e. The normalized spacial score (nSPS) is 10.3. The third kappa shape index (κ3) is 3.94. The van der Waals surface area contributed by atoms with Crippen molar-refractivity contribution in [2.24, 2.45) is 0 Å². The highest BCUT2D eigenvalue weighted by Gasteiger charge is 2.12. The summed E-state index contributed by atoms with van der Waals surface area (Å²) >= 11 is 0. The number of methoxy groups -OCH3 is 1. The fraction of sp³-hybridized carbons (Fsp3) is 0.312. The Morgan fingerprint density at radius 3 is 2.59 bits per heavy atom. The van der Waals surface area contributed by atoms with Gasteiger partial charge in [-0.15, -0.1) is 0 Å². The predicted molar refractivity (Wildman–Crippen MR) is 81.8 cm³/mol. The summed E-state index contributed by atoms with van der Waals surface area (Å²) in [6.07, 6.45) is 4.44. The van der Waals surface area contributed by atoms with E-state index in [1.165, 1.54) is 7.11 Å². The number of hydrogen-bond acceptors (Lipinski definition) is 4. The zero-order valence-corrected chi connectivity index (χ0v) is 12.7. The number of benzene rings is 1. The van der Waals surface area contributed by atoms with E-state index in [4.69, 9.17) is 0 Å². The number of hydrogen-bond donors (Lipinski definition) is 0. The Kier molecular flexibility index (Phi) is 5.30. The first-order chi connectivity index (χ1) is 10.6. The van der Waals surface area contributed by atoms with Gasteiger partial charge in [0.25, 0.3) is 5.91 Å².